The van der Waals surface area contributed by atoms with E-state index >= 15 is 0 Å². The van der Waals surface area contributed by atoms with Crippen molar-refractivity contribution in [1.82, 2.24) is 0 Å². The van der Waals surface area contributed by atoms with Gasteiger partial charge in [0.25, 0.3) is 0 Å². The maximum Gasteiger partial charge on any atom is 0.465 e. The number of halogens is 5. The number of methoxy groups -OCH3 is 1. The van der Waals surface area contributed by atoms with Gasteiger partial charge in [0, 0.05) is 7.11 Å². The molecule has 0 amide bonds. The highest BCUT2D eigenvalue weighted by Gasteiger charge is 2.64. The molecule has 0 aromatic heterocycles. The van der Waals surface area contributed by atoms with Crippen molar-refractivity contribution < 1.29 is 36.2 Å². The summed E-state index contributed by atoms with van der Waals surface area (Å²) in [6.45, 7) is -0.902. The molecule has 0 unspecified atom stereocenters. The van der Waals surface area contributed by atoms with Crippen molar-refractivity contribution in [3.8, 4) is 0 Å². The highest BCUT2D eigenvalue weighted by Crippen LogP contribution is 2.36. The lowest BCUT2D eigenvalue weighted by molar-refractivity contribution is -0.280. The summed E-state index contributed by atoms with van der Waals surface area (Å²) < 4.78 is 66.7. The molecule has 0 N–H and O–H groups in total. The Bertz CT molecular complexity index is 200. The van der Waals surface area contributed by atoms with Crippen molar-refractivity contribution in [1.29, 1.82) is 0 Å². The number of ether oxygens (including phenoxy) is 2. The van der Waals surface area contributed by atoms with Gasteiger partial charge in [-0.3, -0.25) is 0 Å². The van der Waals surface area contributed by atoms with Crippen LogP contribution in [0.1, 0.15) is 0 Å². The molecule has 0 aromatic carbocycles. The first-order valence-corrected chi connectivity index (χ1v) is 3.34. The lowest BCUT2D eigenvalue weighted by Gasteiger charge is -2.17. The van der Waals surface area contributed by atoms with Crippen LogP contribution in [0.15, 0.2) is 0 Å². The Kier molecular flexibility index (Phi) is 4.24. The van der Waals surface area contributed by atoms with E-state index in [0.717, 1.165) is 0 Å². The highest BCUT2D eigenvalue weighted by molar-refractivity contribution is 5.78. The van der Waals surface area contributed by atoms with Crippen LogP contribution in [0.25, 0.3) is 0 Å². The number of carbonyl (C=O) groups excluding carboxylic acids is 1. The summed E-state index contributed by atoms with van der Waals surface area (Å²) in [7, 11) is 1.18. The molecule has 0 spiro atoms. The molecule has 8 heteroatoms. The first-order chi connectivity index (χ1) is 6.23. The average molecular weight is 222 g/mol. The number of hydrogen-bond acceptors (Lipinski definition) is 3. The van der Waals surface area contributed by atoms with Crippen LogP contribution in [-0.4, -0.2) is 38.4 Å². The third-order valence-electron chi connectivity index (χ3n) is 1.13. The van der Waals surface area contributed by atoms with Gasteiger partial charge in [-0.05, 0) is 0 Å². The second-order valence-corrected chi connectivity index (χ2v) is 2.20. The second-order valence-electron chi connectivity index (χ2n) is 2.20. The molecule has 3 nitrogen and oxygen atoms in total. The molecule has 0 bridgehead atoms. The van der Waals surface area contributed by atoms with Gasteiger partial charge < -0.3 is 9.47 Å². The largest absolute Gasteiger partial charge is 0.465 e. The van der Waals surface area contributed by atoms with Gasteiger partial charge in [0.05, 0.1) is 6.61 Å². The Balaban J connectivity index is 4.23. The smallest absolute Gasteiger partial charge is 0.459 e. The average Bonchev–Trinajstić information content (AvgIpc) is 2.02. The Morgan fingerprint density at radius 3 is 2.00 bits per heavy atom. The summed E-state index contributed by atoms with van der Waals surface area (Å²) >= 11 is 0. The van der Waals surface area contributed by atoms with Crippen molar-refractivity contribution in [3.05, 3.63) is 0 Å². The SMILES string of the molecule is COCCOC(=O)C(F)(F)C(F)(F)F. The molecule has 0 aromatic rings. The van der Waals surface area contributed by atoms with E-state index in [9.17, 15) is 26.7 Å². The van der Waals surface area contributed by atoms with E-state index in [0.29, 0.717) is 0 Å². The van der Waals surface area contributed by atoms with Gasteiger partial charge in [-0.2, -0.15) is 22.0 Å². The van der Waals surface area contributed by atoms with Gasteiger partial charge in [-0.15, -0.1) is 0 Å². The summed E-state index contributed by atoms with van der Waals surface area (Å²) in [5, 5.41) is 0. The fraction of sp³-hybridized carbons (Fsp3) is 0.833. The summed E-state index contributed by atoms with van der Waals surface area (Å²) in [6, 6.07) is 0. The molecule has 0 heterocycles. The van der Waals surface area contributed by atoms with Crippen LogP contribution >= 0.6 is 0 Å². The van der Waals surface area contributed by atoms with Crippen LogP contribution in [0.2, 0.25) is 0 Å². The lowest BCUT2D eigenvalue weighted by Crippen LogP contribution is -2.45. The molecule has 0 rings (SSSR count). The maximum absolute atomic E-state index is 12.1. The third kappa shape index (κ3) is 3.09. The molecule has 0 radical (unpaired) electrons. The van der Waals surface area contributed by atoms with Crippen molar-refractivity contribution in [3.63, 3.8) is 0 Å². The molecule has 84 valence electrons. The molecule has 0 fully saturated rings. The van der Waals surface area contributed by atoms with Crippen LogP contribution in [-0.2, 0) is 14.3 Å². The van der Waals surface area contributed by atoms with E-state index in [4.69, 9.17) is 0 Å². The summed E-state index contributed by atoms with van der Waals surface area (Å²) in [4.78, 5) is 10.2. The second kappa shape index (κ2) is 4.54. The van der Waals surface area contributed by atoms with Gasteiger partial charge >= 0.3 is 18.1 Å². The number of esters is 1. The van der Waals surface area contributed by atoms with E-state index < -0.39 is 24.7 Å². The first kappa shape index (κ1) is 13.1. The zero-order valence-electron chi connectivity index (χ0n) is 7.03. The predicted octanol–water partition coefficient (Wildman–Crippen LogP) is 1.37. The van der Waals surface area contributed by atoms with Crippen LogP contribution in [0.4, 0.5) is 22.0 Å². The molecule has 0 aliphatic rings. The molecule has 0 aliphatic carbocycles. The van der Waals surface area contributed by atoms with Crippen LogP contribution in [0.5, 0.6) is 0 Å². The van der Waals surface area contributed by atoms with E-state index in [1.54, 1.807) is 0 Å². The Hall–Kier alpha value is -0.920. The topological polar surface area (TPSA) is 35.5 Å². The molecule has 14 heavy (non-hydrogen) atoms. The molecule has 0 aliphatic heterocycles. The van der Waals surface area contributed by atoms with Crippen LogP contribution in [0.3, 0.4) is 0 Å². The summed E-state index contributed by atoms with van der Waals surface area (Å²) in [5.41, 5.74) is 0. The zero-order chi connectivity index (χ0) is 11.4. The Morgan fingerprint density at radius 1 is 1.14 bits per heavy atom. The molecular weight excluding hydrogens is 215 g/mol. The van der Waals surface area contributed by atoms with Crippen molar-refractivity contribution in [2.45, 2.75) is 12.1 Å². The van der Waals surface area contributed by atoms with Gasteiger partial charge in [0.2, 0.25) is 0 Å². The first-order valence-electron chi connectivity index (χ1n) is 3.34. The highest BCUT2D eigenvalue weighted by atomic mass is 19.4. The number of alkyl halides is 5. The lowest BCUT2D eigenvalue weighted by atomic mass is 10.3. The third-order valence-corrected chi connectivity index (χ3v) is 1.13. The van der Waals surface area contributed by atoms with Crippen molar-refractivity contribution in [2.75, 3.05) is 20.3 Å². The van der Waals surface area contributed by atoms with Gasteiger partial charge in [-0.1, -0.05) is 0 Å². The Morgan fingerprint density at radius 2 is 1.64 bits per heavy atom. The Labute approximate surface area is 75.8 Å². The van der Waals surface area contributed by atoms with E-state index in [-0.39, 0.29) is 6.61 Å². The minimum Gasteiger partial charge on any atom is -0.459 e. The van der Waals surface area contributed by atoms with Gasteiger partial charge in [0.1, 0.15) is 6.61 Å². The number of carbonyl (C=O) groups is 1. The minimum absolute atomic E-state index is 0.250. The number of rotatable bonds is 4. The molecule has 0 saturated heterocycles. The fourth-order valence-electron chi connectivity index (χ4n) is 0.424. The fourth-order valence-corrected chi connectivity index (χ4v) is 0.424. The van der Waals surface area contributed by atoms with Crippen LogP contribution < -0.4 is 0 Å². The van der Waals surface area contributed by atoms with E-state index in [1.165, 1.54) is 7.11 Å². The van der Waals surface area contributed by atoms with E-state index in [1.807, 2.05) is 0 Å². The van der Waals surface area contributed by atoms with Gasteiger partial charge in [0.15, 0.2) is 0 Å². The van der Waals surface area contributed by atoms with Crippen LogP contribution in [0, 0.1) is 0 Å². The summed E-state index contributed by atoms with van der Waals surface area (Å²) in [5.74, 6) is -8.09. The normalized spacial score (nSPS) is 12.7. The summed E-state index contributed by atoms with van der Waals surface area (Å²) in [6.07, 6.45) is -5.93. The zero-order valence-corrected chi connectivity index (χ0v) is 7.03. The van der Waals surface area contributed by atoms with E-state index in [2.05, 4.69) is 9.47 Å². The molecule has 0 saturated carbocycles. The number of hydrogen-bond donors (Lipinski definition) is 0. The quantitative estimate of drug-likeness (QED) is 0.409. The standard InChI is InChI=1S/C6H7F5O3/c1-13-2-3-14-4(12)5(7,8)6(9,10)11/h2-3H2,1H3. The maximum atomic E-state index is 12.1. The predicted molar refractivity (Wildman–Crippen MR) is 33.8 cm³/mol. The molecular formula is C6H7F5O3. The van der Waals surface area contributed by atoms with Gasteiger partial charge in [-0.25, -0.2) is 4.79 Å². The van der Waals surface area contributed by atoms with Crippen molar-refractivity contribution in [2.24, 2.45) is 0 Å². The molecule has 0 atom stereocenters. The van der Waals surface area contributed by atoms with Crippen molar-refractivity contribution >= 4 is 5.97 Å². The monoisotopic (exact) mass is 222 g/mol. The minimum atomic E-state index is -5.93.